The van der Waals surface area contributed by atoms with Crippen LogP contribution in [0.15, 0.2) is 0 Å². The second-order valence-electron chi connectivity index (χ2n) is 14.2. The average Bonchev–Trinajstić information content (AvgIpc) is 3.08. The van der Waals surface area contributed by atoms with E-state index < -0.39 is 32.5 Å². The standard InChI is InChI=1S/C40H77O9P/c1-4-6-8-10-12-14-16-18-20-22-24-26-28-32-39(42)46-35-38(36-48-50(44,45)47-34-30-31-37(3)41)49-40(43)33-29-27-25-23-21-19-17-15-13-11-9-7-5-2/h38H,4-36H2,1-3H3,(H,44,45)/t38-/m1/s1. The molecule has 0 aromatic rings. The van der Waals surface area contributed by atoms with Crippen molar-refractivity contribution in [1.82, 2.24) is 0 Å². The molecule has 0 spiro atoms. The van der Waals surface area contributed by atoms with E-state index in [1.807, 2.05) is 0 Å². The van der Waals surface area contributed by atoms with Gasteiger partial charge in [0.15, 0.2) is 6.10 Å². The first-order valence-corrected chi connectivity index (χ1v) is 22.2. The van der Waals surface area contributed by atoms with Crippen LogP contribution in [0.3, 0.4) is 0 Å². The predicted molar refractivity (Wildman–Crippen MR) is 203 cm³/mol. The summed E-state index contributed by atoms with van der Waals surface area (Å²) in [7, 11) is -4.44. The minimum atomic E-state index is -4.44. The fourth-order valence-electron chi connectivity index (χ4n) is 5.91. The van der Waals surface area contributed by atoms with Crippen molar-refractivity contribution in [3.05, 3.63) is 0 Å². The van der Waals surface area contributed by atoms with Gasteiger partial charge in [-0.05, 0) is 26.2 Å². The molecule has 50 heavy (non-hydrogen) atoms. The molecule has 0 bridgehead atoms. The second kappa shape index (κ2) is 36.1. The lowest BCUT2D eigenvalue weighted by Crippen LogP contribution is -2.29. The van der Waals surface area contributed by atoms with E-state index in [1.54, 1.807) is 0 Å². The molecule has 0 fully saturated rings. The fourth-order valence-corrected chi connectivity index (χ4v) is 6.70. The largest absolute Gasteiger partial charge is 0.472 e. The molecule has 0 amide bonds. The minimum absolute atomic E-state index is 0.0432. The molecule has 0 rings (SSSR count). The third-order valence-corrected chi connectivity index (χ3v) is 10.0. The number of ether oxygens (including phenoxy) is 2. The summed E-state index contributed by atoms with van der Waals surface area (Å²) in [5.74, 6) is -0.888. The summed E-state index contributed by atoms with van der Waals surface area (Å²) >= 11 is 0. The van der Waals surface area contributed by atoms with Crippen molar-refractivity contribution in [3.63, 3.8) is 0 Å². The van der Waals surface area contributed by atoms with Crippen LogP contribution >= 0.6 is 7.82 Å². The smallest absolute Gasteiger partial charge is 0.462 e. The monoisotopic (exact) mass is 733 g/mol. The summed E-state index contributed by atoms with van der Waals surface area (Å²) in [4.78, 5) is 46.2. The summed E-state index contributed by atoms with van der Waals surface area (Å²) < 4.78 is 33.2. The molecule has 0 aliphatic heterocycles. The van der Waals surface area contributed by atoms with Gasteiger partial charge in [0.05, 0.1) is 13.2 Å². The Labute approximate surface area is 306 Å². The van der Waals surface area contributed by atoms with Crippen LogP contribution in [0.2, 0.25) is 0 Å². The van der Waals surface area contributed by atoms with Gasteiger partial charge in [-0.25, -0.2) is 4.57 Å². The van der Waals surface area contributed by atoms with Crippen LogP contribution in [0.25, 0.3) is 0 Å². The molecule has 0 aliphatic rings. The minimum Gasteiger partial charge on any atom is -0.462 e. The molecular formula is C40H77O9P. The molecule has 2 atom stereocenters. The van der Waals surface area contributed by atoms with Gasteiger partial charge in [0.25, 0.3) is 0 Å². The Bertz CT molecular complexity index is 851. The predicted octanol–water partition coefficient (Wildman–Crippen LogP) is 11.9. The maximum Gasteiger partial charge on any atom is 0.472 e. The highest BCUT2D eigenvalue weighted by atomic mass is 31.2. The zero-order chi connectivity index (χ0) is 37.0. The number of phosphoric ester groups is 1. The molecular weight excluding hydrogens is 655 g/mol. The molecule has 0 saturated heterocycles. The van der Waals surface area contributed by atoms with Crippen LogP contribution in [-0.2, 0) is 37.5 Å². The van der Waals surface area contributed by atoms with Gasteiger partial charge >= 0.3 is 19.8 Å². The van der Waals surface area contributed by atoms with Gasteiger partial charge in [-0.2, -0.15) is 0 Å². The number of rotatable bonds is 39. The molecule has 0 aromatic heterocycles. The fraction of sp³-hybridized carbons (Fsp3) is 0.925. The number of phosphoric acid groups is 1. The van der Waals surface area contributed by atoms with E-state index in [9.17, 15) is 23.8 Å². The number of hydrogen-bond donors (Lipinski definition) is 1. The molecule has 0 radical (unpaired) electrons. The highest BCUT2D eigenvalue weighted by Crippen LogP contribution is 2.43. The van der Waals surface area contributed by atoms with Gasteiger partial charge in [-0.3, -0.25) is 18.6 Å². The van der Waals surface area contributed by atoms with Crippen LogP contribution in [-0.4, -0.2) is 48.5 Å². The molecule has 1 N–H and O–H groups in total. The van der Waals surface area contributed by atoms with E-state index in [-0.39, 0.29) is 44.7 Å². The third kappa shape index (κ3) is 36.5. The summed E-state index contributed by atoms with van der Waals surface area (Å²) in [6.07, 6.45) is 31.5. The van der Waals surface area contributed by atoms with Crippen molar-refractivity contribution in [2.45, 2.75) is 219 Å². The number of unbranched alkanes of at least 4 members (excludes halogenated alkanes) is 24. The number of esters is 2. The average molecular weight is 733 g/mol. The number of carbonyl (C=O) groups excluding carboxylic acids is 3. The SMILES string of the molecule is CCCCCCCCCCCCCCCC(=O)OC[C@H](COP(=O)(O)OCCCC(C)=O)OC(=O)CCCCCCCCCCCCCCC. The topological polar surface area (TPSA) is 125 Å². The number of hydrogen-bond acceptors (Lipinski definition) is 8. The van der Waals surface area contributed by atoms with Crippen molar-refractivity contribution in [2.24, 2.45) is 0 Å². The Morgan fingerprint density at radius 1 is 0.500 bits per heavy atom. The summed E-state index contributed by atoms with van der Waals surface area (Å²) in [6.45, 7) is 5.10. The zero-order valence-corrected chi connectivity index (χ0v) is 33.5. The van der Waals surface area contributed by atoms with E-state index in [0.29, 0.717) is 6.42 Å². The van der Waals surface area contributed by atoms with Crippen molar-refractivity contribution >= 4 is 25.5 Å². The van der Waals surface area contributed by atoms with Crippen LogP contribution in [0, 0.1) is 0 Å². The molecule has 10 heteroatoms. The summed E-state index contributed by atoms with van der Waals surface area (Å²) in [5.41, 5.74) is 0. The molecule has 0 heterocycles. The van der Waals surface area contributed by atoms with E-state index in [1.165, 1.54) is 129 Å². The Morgan fingerprint density at radius 2 is 0.880 bits per heavy atom. The van der Waals surface area contributed by atoms with Crippen LogP contribution in [0.5, 0.6) is 0 Å². The lowest BCUT2D eigenvalue weighted by molar-refractivity contribution is -0.161. The molecule has 296 valence electrons. The Morgan fingerprint density at radius 3 is 1.28 bits per heavy atom. The van der Waals surface area contributed by atoms with Gasteiger partial charge in [0.2, 0.25) is 0 Å². The van der Waals surface area contributed by atoms with Crippen LogP contribution in [0.4, 0.5) is 0 Å². The van der Waals surface area contributed by atoms with Crippen molar-refractivity contribution in [3.8, 4) is 0 Å². The Hall–Kier alpha value is -1.28. The highest BCUT2D eigenvalue weighted by Gasteiger charge is 2.26. The Kier molecular flexibility index (Phi) is 35.2. The third-order valence-electron chi connectivity index (χ3n) is 9.05. The normalized spacial score (nSPS) is 13.2. The quantitative estimate of drug-likeness (QED) is 0.0373. The lowest BCUT2D eigenvalue weighted by Gasteiger charge is -2.20. The maximum atomic E-state index is 12.6. The van der Waals surface area contributed by atoms with E-state index in [2.05, 4.69) is 13.8 Å². The van der Waals surface area contributed by atoms with Gasteiger partial charge < -0.3 is 19.2 Å². The van der Waals surface area contributed by atoms with E-state index in [0.717, 1.165) is 38.5 Å². The van der Waals surface area contributed by atoms with E-state index in [4.69, 9.17) is 18.5 Å². The molecule has 0 aromatic carbocycles. The molecule has 0 saturated carbocycles. The lowest BCUT2D eigenvalue weighted by atomic mass is 10.0. The summed E-state index contributed by atoms with van der Waals surface area (Å²) in [5, 5.41) is 0. The molecule has 0 aliphatic carbocycles. The summed E-state index contributed by atoms with van der Waals surface area (Å²) in [6, 6.07) is 0. The van der Waals surface area contributed by atoms with Gasteiger partial charge in [-0.15, -0.1) is 0 Å². The zero-order valence-electron chi connectivity index (χ0n) is 32.6. The first-order valence-electron chi connectivity index (χ1n) is 20.7. The van der Waals surface area contributed by atoms with Gasteiger partial charge in [0, 0.05) is 19.3 Å². The maximum absolute atomic E-state index is 12.6. The first-order chi connectivity index (χ1) is 24.2. The van der Waals surface area contributed by atoms with E-state index >= 15 is 0 Å². The number of carbonyl (C=O) groups is 3. The number of Topliss-reactive ketones (excluding diaryl/α,β-unsaturated/α-hetero) is 1. The highest BCUT2D eigenvalue weighted by molar-refractivity contribution is 7.47. The Balaban J connectivity index is 4.34. The second-order valence-corrected chi connectivity index (χ2v) is 15.6. The molecule has 9 nitrogen and oxygen atoms in total. The van der Waals surface area contributed by atoms with Crippen molar-refractivity contribution < 1.29 is 42.4 Å². The van der Waals surface area contributed by atoms with Crippen molar-refractivity contribution in [1.29, 1.82) is 0 Å². The van der Waals surface area contributed by atoms with Gasteiger partial charge in [-0.1, -0.05) is 168 Å². The van der Waals surface area contributed by atoms with Crippen molar-refractivity contribution in [2.75, 3.05) is 19.8 Å². The van der Waals surface area contributed by atoms with Crippen LogP contribution in [0.1, 0.15) is 213 Å². The molecule has 1 unspecified atom stereocenters. The number of ketones is 1. The van der Waals surface area contributed by atoms with Crippen LogP contribution < -0.4 is 0 Å². The van der Waals surface area contributed by atoms with Gasteiger partial charge in [0.1, 0.15) is 12.4 Å². The first kappa shape index (κ1) is 48.7.